The maximum atomic E-state index is 12.4. The largest absolute Gasteiger partial charge is 0.321 e. The summed E-state index contributed by atoms with van der Waals surface area (Å²) in [6.07, 6.45) is 0.583. The lowest BCUT2D eigenvalue weighted by Gasteiger charge is -2.27. The average molecular weight is 395 g/mol. The van der Waals surface area contributed by atoms with Crippen LogP contribution >= 0.6 is 11.6 Å². The summed E-state index contributed by atoms with van der Waals surface area (Å²) in [7, 11) is -3.17. The molecule has 1 fully saturated rings. The third-order valence-electron chi connectivity index (χ3n) is 4.22. The van der Waals surface area contributed by atoms with Crippen LogP contribution in [0.4, 0.5) is 5.69 Å². The number of rotatable bonds is 3. The van der Waals surface area contributed by atoms with E-state index in [-0.39, 0.29) is 41.0 Å². The third kappa shape index (κ3) is 3.86. The van der Waals surface area contributed by atoms with Crippen molar-refractivity contribution in [1.82, 2.24) is 5.01 Å². The number of carbonyl (C=O) groups excluding carboxylic acids is 2. The molecule has 0 aliphatic carbocycles. The van der Waals surface area contributed by atoms with Gasteiger partial charge in [-0.25, -0.2) is 13.4 Å². The maximum absolute atomic E-state index is 12.4. The minimum Gasteiger partial charge on any atom is -0.321 e. The van der Waals surface area contributed by atoms with Crippen LogP contribution in [-0.4, -0.2) is 48.5 Å². The van der Waals surface area contributed by atoms with Crippen LogP contribution < -0.4 is 5.32 Å². The lowest BCUT2D eigenvalue weighted by Crippen LogP contribution is -2.42. The lowest BCUT2D eigenvalue weighted by atomic mass is 10.1. The summed E-state index contributed by atoms with van der Waals surface area (Å²) >= 11 is 5.94. The summed E-state index contributed by atoms with van der Waals surface area (Å²) in [6, 6.07) is 5.88. The standard InChI is InChI=1S/C16H15ClN4O4S/c17-13-7-11(2-1-10(13)8-18)19-16(23)14-3-4-15(22)21(20-14)12-5-6-26(24,25)9-12/h1-2,7,12H,3-6,9H2,(H,19,23)/t12-/m1/s1. The molecule has 0 bridgehead atoms. The Bertz CT molecular complexity index is 951. The fourth-order valence-electron chi connectivity index (χ4n) is 2.87. The van der Waals surface area contributed by atoms with Crippen LogP contribution in [0.2, 0.25) is 5.02 Å². The minimum atomic E-state index is -3.17. The second-order valence-corrected chi connectivity index (χ2v) is 8.74. The van der Waals surface area contributed by atoms with E-state index < -0.39 is 21.8 Å². The highest BCUT2D eigenvalue weighted by molar-refractivity contribution is 7.91. The van der Waals surface area contributed by atoms with Gasteiger partial charge in [-0.1, -0.05) is 11.6 Å². The van der Waals surface area contributed by atoms with E-state index in [9.17, 15) is 18.0 Å². The Kier molecular flexibility index (Phi) is 4.98. The number of halogens is 1. The molecule has 2 heterocycles. The van der Waals surface area contributed by atoms with Crippen molar-refractivity contribution >= 4 is 44.7 Å². The van der Waals surface area contributed by atoms with Gasteiger partial charge in [-0.2, -0.15) is 10.4 Å². The third-order valence-corrected chi connectivity index (χ3v) is 6.29. The molecule has 0 saturated carbocycles. The maximum Gasteiger partial charge on any atom is 0.271 e. The molecular formula is C16H15ClN4O4S. The van der Waals surface area contributed by atoms with E-state index in [0.717, 1.165) is 5.01 Å². The second-order valence-electron chi connectivity index (χ2n) is 6.10. The average Bonchev–Trinajstić information content (AvgIpc) is 2.95. The Morgan fingerprint density at radius 2 is 2.15 bits per heavy atom. The number of anilines is 1. The minimum absolute atomic E-state index is 0.0161. The van der Waals surface area contributed by atoms with Gasteiger partial charge in [0.15, 0.2) is 9.84 Å². The summed E-state index contributed by atoms with van der Waals surface area (Å²) in [4.78, 5) is 24.5. The highest BCUT2D eigenvalue weighted by atomic mass is 35.5. The van der Waals surface area contributed by atoms with Gasteiger partial charge >= 0.3 is 0 Å². The first kappa shape index (κ1) is 18.4. The van der Waals surface area contributed by atoms with Crippen LogP contribution in [0, 0.1) is 11.3 Å². The first-order valence-electron chi connectivity index (χ1n) is 7.90. The monoisotopic (exact) mass is 394 g/mol. The molecule has 0 unspecified atom stereocenters. The summed E-state index contributed by atoms with van der Waals surface area (Å²) in [5, 5.41) is 16.9. The van der Waals surface area contributed by atoms with Crippen molar-refractivity contribution in [3.05, 3.63) is 28.8 Å². The van der Waals surface area contributed by atoms with E-state index >= 15 is 0 Å². The summed E-state index contributed by atoms with van der Waals surface area (Å²) in [5.41, 5.74) is 0.835. The first-order chi connectivity index (χ1) is 12.3. The predicted molar refractivity (Wildman–Crippen MR) is 95.4 cm³/mol. The molecule has 2 amide bonds. The Hall–Kier alpha value is -2.44. The van der Waals surface area contributed by atoms with E-state index in [1.54, 1.807) is 0 Å². The number of sulfone groups is 1. The van der Waals surface area contributed by atoms with E-state index in [1.165, 1.54) is 18.2 Å². The Morgan fingerprint density at radius 3 is 2.77 bits per heavy atom. The molecule has 136 valence electrons. The molecule has 1 N–H and O–H groups in total. The molecule has 0 spiro atoms. The normalized spacial score (nSPS) is 21.8. The van der Waals surface area contributed by atoms with Crippen molar-refractivity contribution in [1.29, 1.82) is 5.26 Å². The number of hydrogen-bond donors (Lipinski definition) is 1. The zero-order valence-corrected chi connectivity index (χ0v) is 15.2. The van der Waals surface area contributed by atoms with E-state index in [4.69, 9.17) is 16.9 Å². The molecule has 1 atom stereocenters. The Labute approximate surface area is 155 Å². The first-order valence-corrected chi connectivity index (χ1v) is 10.1. The summed E-state index contributed by atoms with van der Waals surface area (Å²) in [6.45, 7) is 0. The molecule has 8 nitrogen and oxygen atoms in total. The number of nitriles is 1. The van der Waals surface area contributed by atoms with Crippen LogP contribution in [0.25, 0.3) is 0 Å². The van der Waals surface area contributed by atoms with Gasteiger partial charge in [-0.3, -0.25) is 9.59 Å². The smallest absolute Gasteiger partial charge is 0.271 e. The molecule has 0 aromatic heterocycles. The van der Waals surface area contributed by atoms with Crippen molar-refractivity contribution in [3.8, 4) is 6.07 Å². The summed E-state index contributed by atoms with van der Waals surface area (Å²) in [5.74, 6) is -0.904. The Balaban J connectivity index is 1.76. The number of hydrazone groups is 1. The van der Waals surface area contributed by atoms with Gasteiger partial charge in [0.1, 0.15) is 11.8 Å². The highest BCUT2D eigenvalue weighted by Gasteiger charge is 2.37. The van der Waals surface area contributed by atoms with Crippen molar-refractivity contribution in [2.75, 3.05) is 16.8 Å². The van der Waals surface area contributed by atoms with Crippen LogP contribution in [0.3, 0.4) is 0 Å². The van der Waals surface area contributed by atoms with Gasteiger partial charge in [-0.15, -0.1) is 0 Å². The molecule has 0 radical (unpaired) electrons. The van der Waals surface area contributed by atoms with Gasteiger partial charge < -0.3 is 5.32 Å². The predicted octanol–water partition coefficient (Wildman–Crippen LogP) is 1.32. The lowest BCUT2D eigenvalue weighted by molar-refractivity contribution is -0.133. The van der Waals surface area contributed by atoms with Gasteiger partial charge in [0.2, 0.25) is 5.91 Å². The number of carbonyl (C=O) groups is 2. The van der Waals surface area contributed by atoms with Crippen molar-refractivity contribution in [2.45, 2.75) is 25.3 Å². The fourth-order valence-corrected chi connectivity index (χ4v) is 4.79. The Morgan fingerprint density at radius 1 is 1.38 bits per heavy atom. The number of amides is 2. The number of hydrogen-bond acceptors (Lipinski definition) is 6. The van der Waals surface area contributed by atoms with Gasteiger partial charge in [0, 0.05) is 18.5 Å². The molecule has 1 aromatic carbocycles. The molecule has 26 heavy (non-hydrogen) atoms. The highest BCUT2D eigenvalue weighted by Crippen LogP contribution is 2.23. The molecule has 1 aromatic rings. The molecule has 10 heteroatoms. The quantitative estimate of drug-likeness (QED) is 0.828. The van der Waals surface area contributed by atoms with Crippen LogP contribution in [0.1, 0.15) is 24.8 Å². The van der Waals surface area contributed by atoms with Crippen LogP contribution in [0.5, 0.6) is 0 Å². The summed E-state index contributed by atoms with van der Waals surface area (Å²) < 4.78 is 23.3. The zero-order chi connectivity index (χ0) is 18.9. The van der Waals surface area contributed by atoms with Crippen molar-refractivity contribution in [3.63, 3.8) is 0 Å². The van der Waals surface area contributed by atoms with Gasteiger partial charge in [0.05, 0.1) is 28.1 Å². The van der Waals surface area contributed by atoms with Crippen LogP contribution in [-0.2, 0) is 19.4 Å². The fraction of sp³-hybridized carbons (Fsp3) is 0.375. The van der Waals surface area contributed by atoms with E-state index in [0.29, 0.717) is 17.7 Å². The van der Waals surface area contributed by atoms with Gasteiger partial charge in [-0.05, 0) is 24.6 Å². The topological polar surface area (TPSA) is 120 Å². The molecular weight excluding hydrogens is 380 g/mol. The van der Waals surface area contributed by atoms with Crippen molar-refractivity contribution in [2.24, 2.45) is 5.10 Å². The van der Waals surface area contributed by atoms with E-state index in [2.05, 4.69) is 10.4 Å². The molecule has 3 rings (SSSR count). The SMILES string of the molecule is N#Cc1ccc(NC(=O)C2=NN([C@@H]3CCS(=O)(=O)C3)C(=O)CC2)cc1Cl. The van der Waals surface area contributed by atoms with Gasteiger partial charge in [0.25, 0.3) is 5.91 Å². The zero-order valence-electron chi connectivity index (χ0n) is 13.6. The number of benzene rings is 1. The molecule has 1 saturated heterocycles. The second kappa shape index (κ2) is 7.05. The van der Waals surface area contributed by atoms with Crippen LogP contribution in [0.15, 0.2) is 23.3 Å². The van der Waals surface area contributed by atoms with Crippen molar-refractivity contribution < 1.29 is 18.0 Å². The number of nitrogens with one attached hydrogen (secondary N) is 1. The molecule has 2 aliphatic rings. The molecule has 2 aliphatic heterocycles. The van der Waals surface area contributed by atoms with E-state index in [1.807, 2.05) is 6.07 Å². The number of nitrogens with zero attached hydrogens (tertiary/aromatic N) is 3.